The fourth-order valence-corrected chi connectivity index (χ4v) is 2.05. The Morgan fingerprint density at radius 2 is 2.50 bits per heavy atom. The van der Waals surface area contributed by atoms with Crippen molar-refractivity contribution in [2.24, 2.45) is 11.7 Å². The molecule has 1 fully saturated rings. The minimum atomic E-state index is 0.588. The second-order valence-electron chi connectivity index (χ2n) is 4.19. The summed E-state index contributed by atoms with van der Waals surface area (Å²) in [5, 5.41) is 4.29. The first-order chi connectivity index (χ1) is 6.78. The molecule has 1 aromatic heterocycles. The van der Waals surface area contributed by atoms with Crippen LogP contribution in [0.3, 0.4) is 0 Å². The van der Waals surface area contributed by atoms with Gasteiger partial charge in [0.25, 0.3) is 0 Å². The summed E-state index contributed by atoms with van der Waals surface area (Å²) in [5.74, 6) is 0.755. The fraction of sp³-hybridized carbons (Fsp3) is 0.700. The lowest BCUT2D eigenvalue weighted by Gasteiger charge is -2.09. The first-order valence-corrected chi connectivity index (χ1v) is 5.18. The molecular weight excluding hydrogens is 176 g/mol. The lowest BCUT2D eigenvalue weighted by molar-refractivity contribution is 0.370. The largest absolute Gasteiger partial charge is 0.326 e. The highest BCUT2D eigenvalue weighted by Crippen LogP contribution is 2.16. The monoisotopic (exact) mass is 194 g/mol. The van der Waals surface area contributed by atoms with Gasteiger partial charge in [-0.05, 0) is 25.9 Å². The molecule has 1 unspecified atom stereocenters. The van der Waals surface area contributed by atoms with Crippen molar-refractivity contribution in [1.82, 2.24) is 14.7 Å². The van der Waals surface area contributed by atoms with Gasteiger partial charge in [-0.25, -0.2) is 0 Å². The van der Waals surface area contributed by atoms with Crippen molar-refractivity contribution >= 4 is 0 Å². The quantitative estimate of drug-likeness (QED) is 0.752. The fourth-order valence-electron chi connectivity index (χ4n) is 2.05. The van der Waals surface area contributed by atoms with Gasteiger partial charge in [-0.3, -0.25) is 4.68 Å². The van der Waals surface area contributed by atoms with Crippen molar-refractivity contribution in [3.63, 3.8) is 0 Å². The van der Waals surface area contributed by atoms with E-state index in [0.29, 0.717) is 6.54 Å². The predicted molar refractivity (Wildman–Crippen MR) is 55.7 cm³/mol. The maximum Gasteiger partial charge on any atom is 0.0534 e. The van der Waals surface area contributed by atoms with Crippen LogP contribution in [0.15, 0.2) is 12.4 Å². The molecule has 0 saturated carbocycles. The highest BCUT2D eigenvalue weighted by Gasteiger charge is 2.19. The van der Waals surface area contributed by atoms with E-state index in [-0.39, 0.29) is 0 Å². The molecule has 0 spiro atoms. The molecule has 1 saturated heterocycles. The summed E-state index contributed by atoms with van der Waals surface area (Å²) in [6.45, 7) is 4.03. The zero-order valence-corrected chi connectivity index (χ0v) is 8.69. The normalized spacial score (nSPS) is 23.1. The van der Waals surface area contributed by atoms with E-state index >= 15 is 0 Å². The van der Waals surface area contributed by atoms with Crippen molar-refractivity contribution in [2.45, 2.75) is 19.5 Å². The van der Waals surface area contributed by atoms with E-state index in [4.69, 9.17) is 5.73 Å². The molecule has 1 atom stereocenters. The molecule has 2 rings (SSSR count). The van der Waals surface area contributed by atoms with Crippen molar-refractivity contribution in [2.75, 3.05) is 20.1 Å². The maximum absolute atomic E-state index is 5.53. The Morgan fingerprint density at radius 1 is 1.64 bits per heavy atom. The van der Waals surface area contributed by atoms with Gasteiger partial charge in [0.1, 0.15) is 0 Å². The number of aromatic nitrogens is 2. The third-order valence-electron chi connectivity index (χ3n) is 2.86. The molecule has 0 aliphatic carbocycles. The average Bonchev–Trinajstić information content (AvgIpc) is 2.76. The Bertz CT molecular complexity index is 294. The molecule has 1 aliphatic heterocycles. The molecule has 14 heavy (non-hydrogen) atoms. The number of nitrogens with zero attached hydrogens (tertiary/aromatic N) is 3. The van der Waals surface area contributed by atoms with Crippen LogP contribution in [0.5, 0.6) is 0 Å². The van der Waals surface area contributed by atoms with E-state index in [0.717, 1.165) is 18.0 Å². The Kier molecular flexibility index (Phi) is 2.84. The Morgan fingerprint density at radius 3 is 3.07 bits per heavy atom. The first-order valence-electron chi connectivity index (χ1n) is 5.18. The van der Waals surface area contributed by atoms with Gasteiger partial charge in [-0.1, -0.05) is 0 Å². The van der Waals surface area contributed by atoms with E-state index < -0.39 is 0 Å². The molecular formula is C10H18N4. The summed E-state index contributed by atoms with van der Waals surface area (Å²) >= 11 is 0. The van der Waals surface area contributed by atoms with Gasteiger partial charge < -0.3 is 10.6 Å². The Hall–Kier alpha value is -0.870. The molecule has 0 bridgehead atoms. The Labute approximate surface area is 84.7 Å². The lowest BCUT2D eigenvalue weighted by Crippen LogP contribution is -2.17. The van der Waals surface area contributed by atoms with Crippen LogP contribution in [-0.4, -0.2) is 34.8 Å². The smallest absolute Gasteiger partial charge is 0.0534 e. The van der Waals surface area contributed by atoms with Crippen LogP contribution >= 0.6 is 0 Å². The number of nitrogens with two attached hydrogens (primary N) is 1. The zero-order valence-electron chi connectivity index (χ0n) is 8.69. The van der Waals surface area contributed by atoms with E-state index in [1.165, 1.54) is 19.5 Å². The van der Waals surface area contributed by atoms with E-state index in [2.05, 4.69) is 23.2 Å². The summed E-state index contributed by atoms with van der Waals surface area (Å²) in [6.07, 6.45) is 5.20. The van der Waals surface area contributed by atoms with Crippen LogP contribution in [0.2, 0.25) is 0 Å². The Balaban J connectivity index is 1.90. The van der Waals surface area contributed by atoms with Gasteiger partial charge in [-0.15, -0.1) is 0 Å². The van der Waals surface area contributed by atoms with Crippen LogP contribution < -0.4 is 5.73 Å². The first kappa shape index (κ1) is 9.68. The molecule has 0 radical (unpaired) electrons. The molecule has 4 heteroatoms. The molecule has 2 N–H and O–H groups in total. The summed E-state index contributed by atoms with van der Waals surface area (Å²) in [6, 6.07) is 0. The standard InChI is InChI=1S/C10H18N4/c1-13-3-2-9(6-13)7-14-8-10(4-11)5-12-14/h5,8-9H,2-4,6-7,11H2,1H3. The van der Waals surface area contributed by atoms with Crippen LogP contribution in [0.1, 0.15) is 12.0 Å². The van der Waals surface area contributed by atoms with Gasteiger partial charge in [0.15, 0.2) is 0 Å². The van der Waals surface area contributed by atoms with Crippen molar-refractivity contribution < 1.29 is 0 Å². The summed E-state index contributed by atoms with van der Waals surface area (Å²) in [5.41, 5.74) is 6.65. The highest BCUT2D eigenvalue weighted by atomic mass is 15.3. The minimum absolute atomic E-state index is 0.588. The van der Waals surface area contributed by atoms with E-state index in [1.54, 1.807) is 0 Å². The molecule has 4 nitrogen and oxygen atoms in total. The molecule has 1 aromatic rings. The number of hydrogen-bond donors (Lipinski definition) is 1. The topological polar surface area (TPSA) is 47.1 Å². The van der Waals surface area contributed by atoms with Gasteiger partial charge in [0, 0.05) is 31.4 Å². The van der Waals surface area contributed by atoms with E-state index in [9.17, 15) is 0 Å². The van der Waals surface area contributed by atoms with Gasteiger partial charge >= 0.3 is 0 Å². The second kappa shape index (κ2) is 4.11. The second-order valence-corrected chi connectivity index (χ2v) is 4.19. The minimum Gasteiger partial charge on any atom is -0.326 e. The van der Waals surface area contributed by atoms with Crippen LogP contribution in [0.4, 0.5) is 0 Å². The van der Waals surface area contributed by atoms with Gasteiger partial charge in [-0.2, -0.15) is 5.10 Å². The van der Waals surface area contributed by atoms with Gasteiger partial charge in [0.2, 0.25) is 0 Å². The summed E-state index contributed by atoms with van der Waals surface area (Å²) in [7, 11) is 2.18. The molecule has 1 aliphatic rings. The highest BCUT2D eigenvalue weighted by molar-refractivity contribution is 5.02. The molecule has 2 heterocycles. The summed E-state index contributed by atoms with van der Waals surface area (Å²) < 4.78 is 2.02. The molecule has 0 aromatic carbocycles. The predicted octanol–water partition coefficient (Wildman–Crippen LogP) is 0.293. The number of likely N-dealkylation sites (tertiary alicyclic amines) is 1. The molecule has 78 valence electrons. The molecule has 0 amide bonds. The number of rotatable bonds is 3. The van der Waals surface area contributed by atoms with Crippen molar-refractivity contribution in [1.29, 1.82) is 0 Å². The number of hydrogen-bond acceptors (Lipinski definition) is 3. The van der Waals surface area contributed by atoms with E-state index in [1.807, 2.05) is 10.9 Å². The average molecular weight is 194 g/mol. The summed E-state index contributed by atoms with van der Waals surface area (Å²) in [4.78, 5) is 2.37. The zero-order chi connectivity index (χ0) is 9.97. The van der Waals surface area contributed by atoms with Crippen LogP contribution in [-0.2, 0) is 13.1 Å². The van der Waals surface area contributed by atoms with Crippen molar-refractivity contribution in [3.8, 4) is 0 Å². The van der Waals surface area contributed by atoms with Crippen molar-refractivity contribution in [3.05, 3.63) is 18.0 Å². The lowest BCUT2D eigenvalue weighted by atomic mass is 10.1. The van der Waals surface area contributed by atoms with Crippen LogP contribution in [0, 0.1) is 5.92 Å². The van der Waals surface area contributed by atoms with Gasteiger partial charge in [0.05, 0.1) is 6.20 Å². The SMILES string of the molecule is CN1CCC(Cn2cc(CN)cn2)C1. The maximum atomic E-state index is 5.53. The third kappa shape index (κ3) is 2.13. The third-order valence-corrected chi connectivity index (χ3v) is 2.86. The van der Waals surface area contributed by atoms with Crippen LogP contribution in [0.25, 0.3) is 0 Å².